The Hall–Kier alpha value is -2.67. The molecule has 1 saturated heterocycles. The van der Waals surface area contributed by atoms with Gasteiger partial charge in [0.05, 0.1) is 12.3 Å². The smallest absolute Gasteiger partial charge is 0.225 e. The summed E-state index contributed by atoms with van der Waals surface area (Å²) in [4.78, 5) is 24.4. The second-order valence-electron chi connectivity index (χ2n) is 7.43. The summed E-state index contributed by atoms with van der Waals surface area (Å²) in [6.45, 7) is 8.15. The van der Waals surface area contributed by atoms with Gasteiger partial charge < -0.3 is 15.0 Å². The predicted molar refractivity (Wildman–Crippen MR) is 108 cm³/mol. The number of benzene rings is 1. The lowest BCUT2D eigenvalue weighted by Crippen LogP contribution is -2.46. The van der Waals surface area contributed by atoms with Crippen LogP contribution >= 0.6 is 0 Å². The Balaban J connectivity index is 1.33. The topological polar surface area (TPSA) is 70.6 Å². The summed E-state index contributed by atoms with van der Waals surface area (Å²) >= 11 is 0. The highest BCUT2D eigenvalue weighted by Crippen LogP contribution is 2.27. The van der Waals surface area contributed by atoms with E-state index >= 15 is 0 Å². The minimum absolute atomic E-state index is 0.596. The zero-order valence-corrected chi connectivity index (χ0v) is 16.4. The van der Waals surface area contributed by atoms with Gasteiger partial charge >= 0.3 is 0 Å². The number of piperazine rings is 1. The van der Waals surface area contributed by atoms with Gasteiger partial charge in [-0.3, -0.25) is 9.69 Å². The lowest BCUT2D eigenvalue weighted by atomic mass is 10.1. The fourth-order valence-corrected chi connectivity index (χ4v) is 3.80. The summed E-state index contributed by atoms with van der Waals surface area (Å²) in [6.07, 6.45) is 4.36. The highest BCUT2D eigenvalue weighted by molar-refractivity contribution is 5.46. The van der Waals surface area contributed by atoms with Crippen LogP contribution < -0.4 is 15.0 Å². The van der Waals surface area contributed by atoms with Crippen LogP contribution in [0.3, 0.4) is 0 Å². The average molecular weight is 381 g/mol. The first kappa shape index (κ1) is 18.7. The largest absolute Gasteiger partial charge is 0.493 e. The predicted octanol–water partition coefficient (Wildman–Crippen LogP) is 1.33. The lowest BCUT2D eigenvalue weighted by Gasteiger charge is -2.35. The van der Waals surface area contributed by atoms with Gasteiger partial charge in [0.1, 0.15) is 5.75 Å². The Kier molecular flexibility index (Phi) is 5.71. The Labute approximate surface area is 165 Å². The molecule has 0 bridgehead atoms. The third-order valence-corrected chi connectivity index (χ3v) is 5.48. The monoisotopic (exact) mass is 381 g/mol. The molecular weight excluding hydrogens is 354 g/mol. The third kappa shape index (κ3) is 4.25. The molecule has 0 saturated carbocycles. The molecule has 28 heavy (non-hydrogen) atoms. The number of fused-ring (bicyclic) bond motifs is 1. The molecule has 2 aliphatic heterocycles. The first-order valence-corrected chi connectivity index (χ1v) is 9.94. The van der Waals surface area contributed by atoms with Gasteiger partial charge in [0.15, 0.2) is 0 Å². The third-order valence-electron chi connectivity index (χ3n) is 5.48. The van der Waals surface area contributed by atoms with E-state index in [1.807, 2.05) is 13.1 Å². The summed E-state index contributed by atoms with van der Waals surface area (Å²) in [5.74, 6) is 1.85. The van der Waals surface area contributed by atoms with Gasteiger partial charge in [-0.15, -0.1) is 0 Å². The number of anilines is 1. The number of ether oxygens (including phenoxy) is 1. The number of carbonyl (C=O) groups excluding carboxylic acids is 1. The maximum atomic E-state index is 10.4. The van der Waals surface area contributed by atoms with Gasteiger partial charge in [-0.25, -0.2) is 9.97 Å². The van der Waals surface area contributed by atoms with Crippen molar-refractivity contribution in [2.75, 3.05) is 44.2 Å². The van der Waals surface area contributed by atoms with Crippen molar-refractivity contribution >= 4 is 12.4 Å². The number of aryl methyl sites for hydroxylation is 1. The molecule has 2 aliphatic rings. The number of nitrogens with one attached hydrogen (secondary N) is 1. The Morgan fingerprint density at radius 2 is 2.11 bits per heavy atom. The molecule has 1 fully saturated rings. The van der Waals surface area contributed by atoms with Crippen LogP contribution in [0, 0.1) is 6.92 Å². The fourth-order valence-electron chi connectivity index (χ4n) is 3.80. The number of nitrogens with zero attached hydrogens (tertiary/aromatic N) is 4. The van der Waals surface area contributed by atoms with Crippen molar-refractivity contribution in [3.05, 3.63) is 46.8 Å². The molecule has 0 aliphatic carbocycles. The van der Waals surface area contributed by atoms with E-state index in [0.29, 0.717) is 6.54 Å². The number of hydrogen-bond donors (Lipinski definition) is 1. The maximum Gasteiger partial charge on any atom is 0.225 e. The van der Waals surface area contributed by atoms with Crippen molar-refractivity contribution in [2.24, 2.45) is 0 Å². The van der Waals surface area contributed by atoms with Gasteiger partial charge in [-0.05, 0) is 29.7 Å². The van der Waals surface area contributed by atoms with E-state index in [1.165, 1.54) is 11.1 Å². The number of hydrogen-bond acceptors (Lipinski definition) is 6. The van der Waals surface area contributed by atoms with Crippen molar-refractivity contribution in [1.29, 1.82) is 0 Å². The Bertz CT molecular complexity index is 834. The van der Waals surface area contributed by atoms with Gasteiger partial charge in [-0.1, -0.05) is 12.1 Å². The van der Waals surface area contributed by atoms with Crippen molar-refractivity contribution < 1.29 is 9.53 Å². The molecule has 0 unspecified atom stereocenters. The van der Waals surface area contributed by atoms with Crippen molar-refractivity contribution in [2.45, 2.75) is 26.3 Å². The molecule has 1 aromatic carbocycles. The number of aromatic nitrogens is 2. The normalized spacial score (nSPS) is 16.5. The van der Waals surface area contributed by atoms with Crippen LogP contribution in [0.1, 0.15) is 22.4 Å². The van der Waals surface area contributed by atoms with Crippen molar-refractivity contribution in [3.8, 4) is 5.75 Å². The summed E-state index contributed by atoms with van der Waals surface area (Å²) in [5.41, 5.74) is 4.70. The van der Waals surface area contributed by atoms with Crippen LogP contribution in [0.2, 0.25) is 0 Å². The lowest BCUT2D eigenvalue weighted by molar-refractivity contribution is -0.109. The zero-order chi connectivity index (χ0) is 19.3. The highest BCUT2D eigenvalue weighted by atomic mass is 16.5. The zero-order valence-electron chi connectivity index (χ0n) is 16.4. The molecule has 1 aromatic heterocycles. The second-order valence-corrected chi connectivity index (χ2v) is 7.43. The molecule has 3 heterocycles. The van der Waals surface area contributed by atoms with E-state index in [4.69, 9.17) is 9.72 Å². The molecule has 148 valence electrons. The number of amides is 1. The van der Waals surface area contributed by atoms with E-state index in [1.54, 1.807) is 0 Å². The van der Waals surface area contributed by atoms with E-state index < -0.39 is 0 Å². The summed E-state index contributed by atoms with van der Waals surface area (Å²) in [7, 11) is 0. The molecule has 0 atom stereocenters. The molecule has 7 heteroatoms. The van der Waals surface area contributed by atoms with Crippen LogP contribution in [-0.2, 0) is 24.2 Å². The van der Waals surface area contributed by atoms with Crippen molar-refractivity contribution in [1.82, 2.24) is 20.2 Å². The first-order valence-electron chi connectivity index (χ1n) is 9.94. The first-order chi connectivity index (χ1) is 13.7. The molecule has 7 nitrogen and oxygen atoms in total. The molecule has 0 radical (unpaired) electrons. The maximum absolute atomic E-state index is 10.4. The second kappa shape index (κ2) is 8.56. The van der Waals surface area contributed by atoms with E-state index in [0.717, 1.165) is 81.5 Å². The van der Waals surface area contributed by atoms with Crippen LogP contribution in [0.5, 0.6) is 5.75 Å². The summed E-state index contributed by atoms with van der Waals surface area (Å²) in [6, 6.07) is 6.62. The van der Waals surface area contributed by atoms with Gasteiger partial charge in [0.2, 0.25) is 12.4 Å². The highest BCUT2D eigenvalue weighted by Gasteiger charge is 2.20. The minimum Gasteiger partial charge on any atom is -0.493 e. The van der Waals surface area contributed by atoms with Crippen LogP contribution in [0.4, 0.5) is 5.95 Å². The molecule has 2 aromatic rings. The fraction of sp³-hybridized carbons (Fsp3) is 0.476. The Morgan fingerprint density at radius 3 is 2.93 bits per heavy atom. The average Bonchev–Trinajstić information content (AvgIpc) is 3.18. The molecule has 0 spiro atoms. The molecule has 1 N–H and O–H groups in total. The van der Waals surface area contributed by atoms with Gasteiger partial charge in [0.25, 0.3) is 0 Å². The van der Waals surface area contributed by atoms with Gasteiger partial charge in [0, 0.05) is 58.3 Å². The van der Waals surface area contributed by atoms with Crippen molar-refractivity contribution in [3.63, 3.8) is 0 Å². The van der Waals surface area contributed by atoms with E-state index in [2.05, 4.69) is 38.3 Å². The van der Waals surface area contributed by atoms with E-state index in [-0.39, 0.29) is 0 Å². The summed E-state index contributed by atoms with van der Waals surface area (Å²) < 4.78 is 5.69. The number of carbonyl (C=O) groups is 1. The molecule has 1 amide bonds. The van der Waals surface area contributed by atoms with Crippen LogP contribution in [-0.4, -0.2) is 60.6 Å². The van der Waals surface area contributed by atoms with E-state index in [9.17, 15) is 4.79 Å². The number of rotatable bonds is 7. The van der Waals surface area contributed by atoms with Crippen LogP contribution in [0.15, 0.2) is 24.4 Å². The molecule has 4 rings (SSSR count). The van der Waals surface area contributed by atoms with Crippen LogP contribution in [0.25, 0.3) is 0 Å². The molecular formula is C21H27N5O2. The Morgan fingerprint density at radius 1 is 1.25 bits per heavy atom. The summed E-state index contributed by atoms with van der Waals surface area (Å²) in [5, 5.41) is 2.70. The quantitative estimate of drug-likeness (QED) is 0.576. The standard InChI is InChI=1S/C21H27N5O2/c1-16-13-23-21(24-19(16)4-6-22-15-27)26-9-7-25(8-10-26)14-17-2-3-18-5-11-28-20(18)12-17/h2-3,12-13,15H,4-11,14H2,1H3,(H,22,27). The minimum atomic E-state index is 0.596. The SMILES string of the molecule is Cc1cnc(N2CCN(Cc3ccc4c(c3)OCC4)CC2)nc1CCNC=O. The van der Waals surface area contributed by atoms with Gasteiger partial charge in [-0.2, -0.15) is 0 Å².